The number of carbonyl (C=O) groups excluding carboxylic acids is 10. The molecule has 8 rings (SSSR count). The van der Waals surface area contributed by atoms with Crippen LogP contribution in [-0.2, 0) is 83.6 Å². The highest BCUT2D eigenvalue weighted by molar-refractivity contribution is 6.61. The Morgan fingerprint density at radius 1 is 0.890 bits per heavy atom. The SMILES string of the molecule is CC[C@H](C)[C@H](NC(=O)CCNC(=O)CCNC(=O)[C@@H](CCC(=O)O)NC(=O)CN1CCC(CNC[C]23CN(CC(=O)O2)C[C]2(F)CNCC(=O)[O][Al]23)CC1)C(=O)N[C@H]1CCc2cccc3c2N(C1=O)[C@H](C(=O)N[C@@H]1CC(=O)O[C@@H]1OC)C3. The Balaban J connectivity index is 0.745. The number of morpholine rings is 1. The number of aryl methyl sites for hydroxylation is 1. The third kappa shape index (κ3) is 15.1. The molecule has 5 fully saturated rings. The number of para-hydroxylation sites is 1. The Labute approximate surface area is 477 Å². The molecule has 27 nitrogen and oxygen atoms in total. The van der Waals surface area contributed by atoms with Gasteiger partial charge in [0.15, 0.2) is 0 Å². The van der Waals surface area contributed by atoms with E-state index < -0.39 is 132 Å². The molecular formula is C53H75AlFN11O16. The van der Waals surface area contributed by atoms with E-state index in [1.54, 1.807) is 11.8 Å². The molecule has 0 aliphatic carbocycles. The molecule has 1 aromatic rings. The molecule has 3 unspecified atom stereocenters. The van der Waals surface area contributed by atoms with Crippen molar-refractivity contribution in [3.63, 3.8) is 0 Å². The van der Waals surface area contributed by atoms with Crippen LogP contribution >= 0.6 is 0 Å². The molecule has 0 spiro atoms. The smallest absolute Gasteiger partial charge is 0.612 e. The van der Waals surface area contributed by atoms with Gasteiger partial charge in [0.05, 0.1) is 31.7 Å². The highest BCUT2D eigenvalue weighted by Gasteiger charge is 2.71. The fraction of sp³-hybridized carbons (Fsp3) is 0.679. The fourth-order valence-electron chi connectivity index (χ4n) is 12.1. The van der Waals surface area contributed by atoms with Crippen LogP contribution in [0.15, 0.2) is 18.2 Å². The number of piperidine rings is 1. The van der Waals surface area contributed by atoms with Gasteiger partial charge in [-0.2, -0.15) is 0 Å². The molecule has 0 radical (unpaired) electrons. The zero-order valence-electron chi connectivity index (χ0n) is 46.5. The fourth-order valence-corrected chi connectivity index (χ4v) is 15.6. The van der Waals surface area contributed by atoms with Crippen LogP contribution < -0.4 is 47.4 Å². The van der Waals surface area contributed by atoms with Crippen molar-refractivity contribution < 1.29 is 80.2 Å². The number of hydrogen-bond donors (Lipinski definition) is 9. The summed E-state index contributed by atoms with van der Waals surface area (Å²) >= 11 is -3.11. The number of cyclic esters (lactones) is 1. The summed E-state index contributed by atoms with van der Waals surface area (Å²) in [4.78, 5) is 148. The average molecular weight is 1170 g/mol. The van der Waals surface area contributed by atoms with E-state index in [9.17, 15) is 57.8 Å². The van der Waals surface area contributed by atoms with Crippen LogP contribution in [0.4, 0.5) is 10.1 Å². The number of rotatable bonds is 25. The molecule has 448 valence electrons. The number of fused-ring (bicyclic) bond motifs is 4. The quantitative estimate of drug-likeness (QED) is 0.0339. The topological polar surface area (TPSA) is 351 Å². The number of ether oxygens (including phenoxy) is 3. The lowest BCUT2D eigenvalue weighted by Gasteiger charge is -2.51. The molecule has 29 heteroatoms. The number of esters is 2. The molecule has 82 heavy (non-hydrogen) atoms. The molecule has 0 saturated carbocycles. The van der Waals surface area contributed by atoms with Gasteiger partial charge in [-0.1, -0.05) is 38.5 Å². The number of hydrogen-bond acceptors (Lipinski definition) is 19. The second-order valence-electron chi connectivity index (χ2n) is 22.5. The lowest BCUT2D eigenvalue weighted by molar-refractivity contribution is -0.171. The predicted octanol–water partition coefficient (Wildman–Crippen LogP) is -3.49. The van der Waals surface area contributed by atoms with Crippen LogP contribution in [0.25, 0.3) is 0 Å². The normalized spacial score (nSPS) is 27.1. The summed E-state index contributed by atoms with van der Waals surface area (Å²) in [6, 6.07) is 0.483. The van der Waals surface area contributed by atoms with Gasteiger partial charge in [-0.25, -0.2) is 0 Å². The maximum absolute atomic E-state index is 16.4. The third-order valence-electron chi connectivity index (χ3n) is 16.4. The molecule has 10 atom stereocenters. The third-order valence-corrected chi connectivity index (χ3v) is 19.7. The Morgan fingerprint density at radius 2 is 1.63 bits per heavy atom. The number of halogens is 1. The first-order valence-corrected chi connectivity index (χ1v) is 29.9. The zero-order valence-corrected chi connectivity index (χ0v) is 47.6. The standard InChI is InChI=1S/C53H76FN11O16.Al/c1-4-30(2)47(51(77)60-37-9-8-32-6-5-7-33-20-39(65(48(32)33)52(37)78)50(76)61-38-21-45(73)81-53(38)79-3)62-41(67)13-16-57-40(66)12-17-58-49(75)36(10-11-43(69)70)59-42(68)28-63-18-14-31(15-19-63)22-55-24-35-27-64(29-46(74)80-35)26-34(54)23-56-25-44(71)72;/h5-7,30-31,36-39,47,53,55-56H,4,8-29H2,1-3H3,(H,57,66)(H,58,75)(H,59,68)(H,60,77)(H,61,76)(H,62,67)(H,69,70)(H,71,72);/q;+1/p-1/t30-,36+,37-,38+,39-,47-,53-;/m0./s1. The summed E-state index contributed by atoms with van der Waals surface area (Å²) in [5, 5.41) is 31.8. The number of carboxylic acids is 1. The Hall–Kier alpha value is -6.35. The lowest BCUT2D eigenvalue weighted by atomic mass is 9.96. The first-order chi connectivity index (χ1) is 39.2. The van der Waals surface area contributed by atoms with Gasteiger partial charge >= 0.3 is 32.4 Å². The minimum atomic E-state index is -3.11. The summed E-state index contributed by atoms with van der Waals surface area (Å²) in [6.45, 7) is 4.97. The second-order valence-corrected chi connectivity index (χ2v) is 25.6. The highest BCUT2D eigenvalue weighted by atomic mass is 27.2. The van der Waals surface area contributed by atoms with Crippen molar-refractivity contribution in [3.8, 4) is 0 Å². The second kappa shape index (κ2) is 27.4. The van der Waals surface area contributed by atoms with Crippen LogP contribution in [0.3, 0.4) is 0 Å². The van der Waals surface area contributed by atoms with E-state index in [1.807, 2.05) is 30.0 Å². The average Bonchev–Trinajstić information content (AvgIpc) is 1.76. The number of nitrogens with one attached hydrogen (secondary N) is 8. The van der Waals surface area contributed by atoms with Gasteiger partial charge in [-0.3, -0.25) is 71.8 Å². The van der Waals surface area contributed by atoms with E-state index in [0.29, 0.717) is 51.0 Å². The van der Waals surface area contributed by atoms with Crippen LogP contribution in [0.5, 0.6) is 0 Å². The molecule has 9 N–H and O–H groups in total. The van der Waals surface area contributed by atoms with E-state index in [4.69, 9.17) is 18.0 Å². The molecule has 7 aliphatic heterocycles. The van der Waals surface area contributed by atoms with Crippen LogP contribution in [-0.4, -0.2) is 226 Å². The van der Waals surface area contributed by atoms with Crippen LogP contribution in [0.2, 0.25) is 0 Å². The van der Waals surface area contributed by atoms with Crippen molar-refractivity contribution in [2.45, 2.75) is 130 Å². The number of anilines is 1. The first kappa shape index (κ1) is 61.7. The van der Waals surface area contributed by atoms with Crippen molar-refractivity contribution in [2.24, 2.45) is 11.8 Å². The van der Waals surface area contributed by atoms with Crippen LogP contribution in [0, 0.1) is 11.8 Å². The van der Waals surface area contributed by atoms with Gasteiger partial charge < -0.3 is 65.6 Å². The van der Waals surface area contributed by atoms with Crippen LogP contribution in [0.1, 0.15) is 82.8 Å². The Morgan fingerprint density at radius 3 is 2.38 bits per heavy atom. The predicted molar refractivity (Wildman–Crippen MR) is 286 cm³/mol. The van der Waals surface area contributed by atoms with Crippen molar-refractivity contribution in [1.29, 1.82) is 0 Å². The molecule has 1 aromatic carbocycles. The number of amides is 7. The van der Waals surface area contributed by atoms with E-state index in [-0.39, 0.29) is 109 Å². The van der Waals surface area contributed by atoms with E-state index in [0.717, 1.165) is 11.1 Å². The summed E-state index contributed by atoms with van der Waals surface area (Å²) in [5.41, 5.74) is 2.22. The maximum Gasteiger partial charge on any atom is 0.643 e. The summed E-state index contributed by atoms with van der Waals surface area (Å²) in [7, 11) is 1.35. The molecule has 2 bridgehead atoms. The number of likely N-dealkylation sites (tertiary alicyclic amines) is 1. The minimum Gasteiger partial charge on any atom is -0.612 e. The molecule has 7 amide bonds. The highest BCUT2D eigenvalue weighted by Crippen LogP contribution is 2.40. The van der Waals surface area contributed by atoms with Gasteiger partial charge in [0.1, 0.15) is 39.2 Å². The summed E-state index contributed by atoms with van der Waals surface area (Å²) < 4.78 is 35.2. The number of carboxylic acid groups (broad SMARTS) is 1. The number of nitrogens with zero attached hydrogens (tertiary/aromatic N) is 3. The first-order valence-electron chi connectivity index (χ1n) is 28.3. The van der Waals surface area contributed by atoms with Crippen molar-refractivity contribution in [3.05, 3.63) is 29.3 Å². The molecule has 0 aromatic heterocycles. The number of methoxy groups -OCH3 is 1. The van der Waals surface area contributed by atoms with Gasteiger partial charge in [0.25, 0.3) is 5.97 Å². The van der Waals surface area contributed by atoms with Gasteiger partial charge in [-0.15, -0.1) is 0 Å². The lowest BCUT2D eigenvalue weighted by Crippen LogP contribution is -2.79. The van der Waals surface area contributed by atoms with E-state index >= 15 is 4.39 Å². The Bertz CT molecular complexity index is 2630. The minimum absolute atomic E-state index is 0.0160. The van der Waals surface area contributed by atoms with Crippen molar-refractivity contribution >= 4 is 85.4 Å². The largest absolute Gasteiger partial charge is 0.643 e. The van der Waals surface area contributed by atoms with Gasteiger partial charge in [-0.05, 0) is 74.7 Å². The monoisotopic (exact) mass is 1170 g/mol. The van der Waals surface area contributed by atoms with Gasteiger partial charge in [0.2, 0.25) is 47.6 Å². The van der Waals surface area contributed by atoms with Crippen molar-refractivity contribution in [2.75, 3.05) is 90.5 Å². The molecule has 7 aliphatic rings. The van der Waals surface area contributed by atoms with Gasteiger partial charge in [0, 0.05) is 72.1 Å². The zero-order chi connectivity index (χ0) is 58.9. The van der Waals surface area contributed by atoms with Crippen molar-refractivity contribution in [1.82, 2.24) is 52.3 Å². The molecule has 5 saturated heterocycles. The number of aliphatic carboxylic acids is 1. The number of benzene rings is 1. The molecular weight excluding hydrogens is 1090 g/mol. The van der Waals surface area contributed by atoms with E-state index in [2.05, 4.69) is 42.5 Å². The maximum atomic E-state index is 16.4. The van der Waals surface area contributed by atoms with E-state index in [1.165, 1.54) is 12.0 Å². The summed E-state index contributed by atoms with van der Waals surface area (Å²) in [6.07, 6.45) is 0.534. The number of alkyl halides is 1. The summed E-state index contributed by atoms with van der Waals surface area (Å²) in [5.74, 6) is -6.87. The Kier molecular flexibility index (Phi) is 20.6. The number of carbonyl (C=O) groups is 11. The molecule has 7 heterocycles.